The lowest BCUT2D eigenvalue weighted by Crippen LogP contribution is -2.08. The summed E-state index contributed by atoms with van der Waals surface area (Å²) in [6.07, 6.45) is 4.87. The molecule has 21 nitrogen and oxygen atoms in total. The maximum absolute atomic E-state index is 12.1. The third kappa shape index (κ3) is 4.66. The summed E-state index contributed by atoms with van der Waals surface area (Å²) in [7, 11) is -9.63. The second-order valence-corrected chi connectivity index (χ2v) is 11.5. The van der Waals surface area contributed by atoms with Crippen LogP contribution in [-0.2, 0) is 24.9 Å². The molecule has 0 aromatic carbocycles. The highest BCUT2D eigenvalue weighted by Crippen LogP contribution is 2.61. The van der Waals surface area contributed by atoms with E-state index in [0.717, 1.165) is 36.1 Å². The maximum atomic E-state index is 12.1. The molecular formula is C20H16N8O13P2+2. The molecule has 2 bridgehead atoms. The Labute approximate surface area is 235 Å². The van der Waals surface area contributed by atoms with Gasteiger partial charge in [0.1, 0.15) is 12.7 Å². The molecule has 0 atom stereocenters. The molecule has 0 unspecified atom stereocenters. The van der Waals surface area contributed by atoms with E-state index in [0.29, 0.717) is 0 Å². The molecule has 0 saturated heterocycles. The number of fused-ring (bicyclic) bond motifs is 5. The molecule has 0 radical (unpaired) electrons. The van der Waals surface area contributed by atoms with E-state index in [1.807, 2.05) is 0 Å². The van der Waals surface area contributed by atoms with Gasteiger partial charge in [-0.25, -0.2) is 33.6 Å². The van der Waals surface area contributed by atoms with Crippen LogP contribution >= 0.6 is 16.3 Å². The number of hydrogen-bond donors (Lipinski definition) is 7. The first-order valence-corrected chi connectivity index (χ1v) is 14.7. The topological polar surface area (TPSA) is 288 Å². The van der Waals surface area contributed by atoms with Gasteiger partial charge in [-0.05, 0) is 0 Å². The highest BCUT2D eigenvalue weighted by Gasteiger charge is 2.50. The zero-order valence-electron chi connectivity index (χ0n) is 20.9. The molecule has 222 valence electrons. The first-order chi connectivity index (χ1) is 20.5. The molecule has 5 aromatic heterocycles. The van der Waals surface area contributed by atoms with E-state index in [4.69, 9.17) is 27.2 Å². The smallest absolute Gasteiger partial charge is 0.500 e. The number of ether oxygens (including phenoxy) is 1. The number of nitrogens with zero attached hydrogens (tertiary/aromatic N) is 6. The summed E-state index contributed by atoms with van der Waals surface area (Å²) in [6.45, 7) is -0.876. The lowest BCUT2D eigenvalue weighted by Gasteiger charge is -2.12. The van der Waals surface area contributed by atoms with Gasteiger partial charge in [0.2, 0.25) is 11.5 Å². The van der Waals surface area contributed by atoms with Crippen molar-refractivity contribution in [1.82, 2.24) is 39.0 Å². The maximum Gasteiger partial charge on any atom is 0.663 e. The fourth-order valence-corrected chi connectivity index (χ4v) is 5.63. The molecule has 2 aliphatic heterocycles. The van der Waals surface area contributed by atoms with Gasteiger partial charge in [0.15, 0.2) is 46.7 Å². The van der Waals surface area contributed by atoms with Crippen LogP contribution in [0.15, 0.2) is 57.1 Å². The van der Waals surface area contributed by atoms with Gasteiger partial charge in [0, 0.05) is 0 Å². The number of aromatic amines is 2. The van der Waals surface area contributed by atoms with Crippen LogP contribution in [0.25, 0.3) is 34.1 Å². The van der Waals surface area contributed by atoms with Crippen LogP contribution in [0.4, 0.5) is 0 Å². The van der Waals surface area contributed by atoms with Gasteiger partial charge in [-0.2, -0.15) is 19.6 Å². The van der Waals surface area contributed by atoms with Gasteiger partial charge in [-0.15, -0.1) is 4.52 Å². The lowest BCUT2D eigenvalue weighted by molar-refractivity contribution is 0.125. The van der Waals surface area contributed by atoms with Crippen LogP contribution in [0.5, 0.6) is 11.5 Å². The van der Waals surface area contributed by atoms with Crippen molar-refractivity contribution >= 4 is 44.6 Å². The van der Waals surface area contributed by atoms with E-state index in [1.54, 1.807) is 0 Å². The number of hydrogen-bond acceptors (Lipinski definition) is 17. The minimum atomic E-state index is -4.85. The Morgan fingerprint density at radius 1 is 0.860 bits per heavy atom. The van der Waals surface area contributed by atoms with E-state index in [-0.39, 0.29) is 46.2 Å². The van der Waals surface area contributed by atoms with E-state index in [2.05, 4.69) is 29.9 Å². The minimum absolute atomic E-state index is 0.0186. The quantitative estimate of drug-likeness (QED) is 0.127. The molecule has 23 heteroatoms. The second kappa shape index (κ2) is 9.57. The predicted octanol–water partition coefficient (Wildman–Crippen LogP) is 0.195. The van der Waals surface area contributed by atoms with Gasteiger partial charge < -0.3 is 24.2 Å². The summed E-state index contributed by atoms with van der Waals surface area (Å²) < 4.78 is 34.3. The normalized spacial score (nSPS) is 19.2. The fraction of sp³-hybridized carbons (Fsp3) is 0.100. The highest BCUT2D eigenvalue weighted by molar-refractivity contribution is 7.55. The monoisotopic (exact) mass is 638 g/mol. The summed E-state index contributed by atoms with van der Waals surface area (Å²) in [4.78, 5) is 87.2. The molecule has 7 N–H and O–H groups in total. The SMILES string of the molecule is O=c1[nH]cnc2c1ncn2C1=C2C/C(=C\O[P+](O)(O)Oc3c(oc(-n4cnc5c(=O)[nH]cnc54)c3O)CO[P+](O)(O)O2)O1. The van der Waals surface area contributed by atoms with Crippen LogP contribution < -0.4 is 15.6 Å². The van der Waals surface area contributed by atoms with Crippen molar-refractivity contribution in [2.45, 2.75) is 13.0 Å². The van der Waals surface area contributed by atoms with Crippen molar-refractivity contribution in [3.63, 3.8) is 0 Å². The highest BCUT2D eigenvalue weighted by atomic mass is 31.2. The molecule has 7 rings (SSSR count). The van der Waals surface area contributed by atoms with Crippen molar-refractivity contribution in [2.24, 2.45) is 0 Å². The first kappa shape index (κ1) is 27.0. The molecule has 2 aliphatic rings. The van der Waals surface area contributed by atoms with E-state index >= 15 is 0 Å². The van der Waals surface area contributed by atoms with Crippen molar-refractivity contribution in [3.8, 4) is 17.4 Å². The van der Waals surface area contributed by atoms with E-state index in [1.165, 1.54) is 4.57 Å². The summed E-state index contributed by atoms with van der Waals surface area (Å²) in [5.74, 6) is -3.12. The molecule has 0 spiro atoms. The Kier molecular flexibility index (Phi) is 6.01. The largest absolute Gasteiger partial charge is 0.663 e. The number of aromatic nitrogens is 8. The standard InChI is InChI=1S/C20H14N8O13P2/c29-13-14-10(39-20(13)28-7-26-12-16(28)22-5-24-18(12)31)3-37-42(32,33)40-9-1-8(2-36-43(34,35)41-14)38-19(9)27-6-25-11-15(27)21-4-23-17(11)30/h2,4-7,32-35H,1,3H2,(H-2,21,22,23,24,29,30,31)/p+2/b8-2+. The first-order valence-electron chi connectivity index (χ1n) is 11.7. The van der Waals surface area contributed by atoms with Crippen molar-refractivity contribution < 1.29 is 51.9 Å². The van der Waals surface area contributed by atoms with Crippen LogP contribution in [-0.4, -0.2) is 63.7 Å². The predicted molar refractivity (Wildman–Crippen MR) is 139 cm³/mol. The molecule has 7 heterocycles. The summed E-state index contributed by atoms with van der Waals surface area (Å²) in [6, 6.07) is 0. The van der Waals surface area contributed by atoms with Crippen molar-refractivity contribution in [2.75, 3.05) is 0 Å². The molecule has 43 heavy (non-hydrogen) atoms. The number of aromatic hydroxyl groups is 1. The van der Waals surface area contributed by atoms with E-state index < -0.39 is 57.2 Å². The minimum Gasteiger partial charge on any atom is -0.500 e. The van der Waals surface area contributed by atoms with E-state index in [9.17, 15) is 34.3 Å². The van der Waals surface area contributed by atoms with Crippen LogP contribution in [0.3, 0.4) is 0 Å². The average molecular weight is 638 g/mol. The zero-order valence-corrected chi connectivity index (χ0v) is 22.7. The summed E-state index contributed by atoms with van der Waals surface area (Å²) >= 11 is 0. The van der Waals surface area contributed by atoms with Gasteiger partial charge in [0.05, 0.1) is 19.1 Å². The molecule has 0 fully saturated rings. The number of furan rings is 1. The van der Waals surface area contributed by atoms with Crippen molar-refractivity contribution in [1.29, 1.82) is 0 Å². The Morgan fingerprint density at radius 2 is 1.51 bits per heavy atom. The molecule has 0 saturated carbocycles. The fourth-order valence-electron chi connectivity index (χ4n) is 4.13. The molecule has 0 aliphatic carbocycles. The molecular weight excluding hydrogens is 622 g/mol. The second-order valence-electron chi connectivity index (χ2n) is 8.68. The number of nitrogens with one attached hydrogen (secondary N) is 2. The number of H-pyrrole nitrogens is 2. The van der Waals surface area contributed by atoms with Gasteiger partial charge in [-0.3, -0.25) is 18.6 Å². The zero-order chi connectivity index (χ0) is 30.1. The van der Waals surface area contributed by atoms with Crippen LogP contribution in [0.1, 0.15) is 12.2 Å². The number of rotatable bonds is 2. The summed E-state index contributed by atoms with van der Waals surface area (Å²) in [5, 5.41) is 10.9. The summed E-state index contributed by atoms with van der Waals surface area (Å²) in [5.41, 5.74) is -1.37. The van der Waals surface area contributed by atoms with Crippen LogP contribution in [0, 0.1) is 0 Å². The third-order valence-electron chi connectivity index (χ3n) is 5.93. The third-order valence-corrected chi connectivity index (χ3v) is 7.66. The number of imidazole rings is 2. The van der Waals surface area contributed by atoms with Gasteiger partial charge >= 0.3 is 16.3 Å². The Balaban J connectivity index is 1.30. The molecule has 5 aromatic rings. The average Bonchev–Trinajstić information content (AvgIpc) is 3.72. The Hall–Kier alpha value is -4.88. The van der Waals surface area contributed by atoms with Gasteiger partial charge in [0.25, 0.3) is 28.6 Å². The van der Waals surface area contributed by atoms with Crippen molar-refractivity contribution in [3.05, 3.63) is 69.6 Å². The molecule has 0 amide bonds. The van der Waals surface area contributed by atoms with Gasteiger partial charge in [-0.1, -0.05) is 0 Å². The van der Waals surface area contributed by atoms with Crippen LogP contribution in [0.2, 0.25) is 0 Å². The Morgan fingerprint density at radius 3 is 2.21 bits per heavy atom. The lowest BCUT2D eigenvalue weighted by atomic mass is 10.3. The Bertz CT molecular complexity index is 2110.